The van der Waals surface area contributed by atoms with Crippen LogP contribution in [0.15, 0.2) is 29.6 Å². The maximum atomic E-state index is 12.0. The Balaban J connectivity index is 0.00000176. The van der Waals surface area contributed by atoms with E-state index in [0.717, 1.165) is 30.6 Å². The summed E-state index contributed by atoms with van der Waals surface area (Å²) in [5, 5.41) is 9.37. The normalized spacial score (nSPS) is 17.0. The lowest BCUT2D eigenvalue weighted by Crippen LogP contribution is -2.27. The van der Waals surface area contributed by atoms with Gasteiger partial charge in [-0.1, -0.05) is 29.8 Å². The number of amides is 1. The third-order valence-corrected chi connectivity index (χ3v) is 4.58. The number of halogens is 2. The van der Waals surface area contributed by atoms with Gasteiger partial charge in [-0.3, -0.25) is 4.79 Å². The van der Waals surface area contributed by atoms with Gasteiger partial charge in [-0.05, 0) is 25.5 Å². The molecule has 0 spiro atoms. The monoisotopic (exact) mass is 357 g/mol. The number of carbonyl (C=O) groups is 1. The zero-order chi connectivity index (χ0) is 14.7. The molecule has 2 heterocycles. The molecule has 2 aromatic rings. The second-order valence-corrected chi connectivity index (χ2v) is 6.33. The van der Waals surface area contributed by atoms with E-state index in [9.17, 15) is 4.79 Å². The van der Waals surface area contributed by atoms with Crippen molar-refractivity contribution in [3.05, 3.63) is 34.7 Å². The zero-order valence-corrected chi connectivity index (χ0v) is 14.2. The third kappa shape index (κ3) is 4.20. The number of rotatable bonds is 4. The highest BCUT2D eigenvalue weighted by Gasteiger charge is 2.18. The predicted molar refractivity (Wildman–Crippen MR) is 94.1 cm³/mol. The van der Waals surface area contributed by atoms with Gasteiger partial charge in [-0.15, -0.1) is 23.7 Å². The lowest BCUT2D eigenvalue weighted by molar-refractivity contribution is -0.116. The fourth-order valence-electron chi connectivity index (χ4n) is 2.45. The SMILES string of the molecule is Cl.O=C(CC1CCCN1)Nc1nc(-c2ccccc2Cl)cs1. The van der Waals surface area contributed by atoms with Crippen molar-refractivity contribution in [1.29, 1.82) is 0 Å². The predicted octanol–water partition coefficient (Wildman–Crippen LogP) is 3.97. The minimum absolute atomic E-state index is 0. The van der Waals surface area contributed by atoms with E-state index in [-0.39, 0.29) is 18.3 Å². The van der Waals surface area contributed by atoms with Gasteiger partial charge in [0.05, 0.1) is 5.69 Å². The summed E-state index contributed by atoms with van der Waals surface area (Å²) >= 11 is 7.57. The molecule has 7 heteroatoms. The first kappa shape index (κ1) is 17.2. The molecule has 1 aliphatic heterocycles. The Bertz CT molecular complexity index is 641. The largest absolute Gasteiger partial charge is 0.313 e. The van der Waals surface area contributed by atoms with Crippen LogP contribution < -0.4 is 10.6 Å². The molecule has 1 aromatic carbocycles. The summed E-state index contributed by atoms with van der Waals surface area (Å²) in [6, 6.07) is 7.86. The van der Waals surface area contributed by atoms with Crippen LogP contribution >= 0.6 is 35.3 Å². The van der Waals surface area contributed by atoms with E-state index in [0.29, 0.717) is 22.6 Å². The number of nitrogens with zero attached hydrogens (tertiary/aromatic N) is 1. The summed E-state index contributed by atoms with van der Waals surface area (Å²) in [7, 11) is 0. The Morgan fingerprint density at radius 3 is 3.00 bits per heavy atom. The van der Waals surface area contributed by atoms with Crippen molar-refractivity contribution < 1.29 is 4.79 Å². The van der Waals surface area contributed by atoms with Crippen molar-refractivity contribution >= 4 is 46.4 Å². The zero-order valence-electron chi connectivity index (χ0n) is 11.8. The van der Waals surface area contributed by atoms with E-state index < -0.39 is 0 Å². The summed E-state index contributed by atoms with van der Waals surface area (Å²) in [5.41, 5.74) is 1.67. The van der Waals surface area contributed by atoms with Crippen LogP contribution in [0.1, 0.15) is 19.3 Å². The average Bonchev–Trinajstić information content (AvgIpc) is 3.11. The second-order valence-electron chi connectivity index (χ2n) is 5.06. The summed E-state index contributed by atoms with van der Waals surface area (Å²) in [5.74, 6) is 0.00876. The Morgan fingerprint density at radius 1 is 1.45 bits per heavy atom. The molecule has 1 atom stereocenters. The highest BCUT2D eigenvalue weighted by atomic mass is 35.5. The van der Waals surface area contributed by atoms with Gasteiger partial charge in [0.15, 0.2) is 5.13 Å². The molecule has 3 rings (SSSR count). The molecule has 22 heavy (non-hydrogen) atoms. The topological polar surface area (TPSA) is 54.0 Å². The molecule has 1 fully saturated rings. The molecule has 4 nitrogen and oxygen atoms in total. The van der Waals surface area contributed by atoms with Gasteiger partial charge >= 0.3 is 0 Å². The number of nitrogens with one attached hydrogen (secondary N) is 2. The number of aromatic nitrogens is 1. The smallest absolute Gasteiger partial charge is 0.227 e. The fraction of sp³-hybridized carbons (Fsp3) is 0.333. The van der Waals surface area contributed by atoms with Crippen LogP contribution in [0, 0.1) is 0 Å². The molecule has 0 bridgehead atoms. The van der Waals surface area contributed by atoms with Crippen molar-refractivity contribution in [3.8, 4) is 11.3 Å². The van der Waals surface area contributed by atoms with Crippen molar-refractivity contribution in [2.75, 3.05) is 11.9 Å². The van der Waals surface area contributed by atoms with E-state index in [1.807, 2.05) is 29.6 Å². The minimum atomic E-state index is 0. The lowest BCUT2D eigenvalue weighted by Gasteiger charge is -2.08. The molecular weight excluding hydrogens is 341 g/mol. The number of hydrogen-bond donors (Lipinski definition) is 2. The molecular formula is C15H17Cl2N3OS. The van der Waals surface area contributed by atoms with Crippen molar-refractivity contribution in [1.82, 2.24) is 10.3 Å². The Morgan fingerprint density at radius 2 is 2.27 bits per heavy atom. The molecule has 2 N–H and O–H groups in total. The van der Waals surface area contributed by atoms with Gasteiger partial charge < -0.3 is 10.6 Å². The van der Waals surface area contributed by atoms with Crippen LogP contribution in [-0.2, 0) is 4.79 Å². The van der Waals surface area contributed by atoms with Gasteiger partial charge in [-0.2, -0.15) is 0 Å². The summed E-state index contributed by atoms with van der Waals surface area (Å²) in [4.78, 5) is 16.4. The van der Waals surface area contributed by atoms with E-state index in [1.54, 1.807) is 0 Å². The van der Waals surface area contributed by atoms with Crippen molar-refractivity contribution in [2.24, 2.45) is 0 Å². The number of benzene rings is 1. The Labute approximate surface area is 144 Å². The first-order chi connectivity index (χ1) is 10.2. The van der Waals surface area contributed by atoms with E-state index >= 15 is 0 Å². The van der Waals surface area contributed by atoms with Crippen LogP contribution in [0.2, 0.25) is 5.02 Å². The third-order valence-electron chi connectivity index (χ3n) is 3.49. The van der Waals surface area contributed by atoms with E-state index in [1.165, 1.54) is 11.3 Å². The number of hydrogen-bond acceptors (Lipinski definition) is 4. The van der Waals surface area contributed by atoms with Gasteiger partial charge in [0.1, 0.15) is 0 Å². The van der Waals surface area contributed by atoms with E-state index in [4.69, 9.17) is 11.6 Å². The molecule has 0 aliphatic carbocycles. The van der Waals surface area contributed by atoms with Gasteiger partial charge in [-0.25, -0.2) is 4.98 Å². The number of anilines is 1. The average molecular weight is 358 g/mol. The molecule has 118 valence electrons. The Kier molecular flexibility index (Phi) is 6.20. The molecule has 1 amide bonds. The first-order valence-electron chi connectivity index (χ1n) is 6.96. The first-order valence-corrected chi connectivity index (χ1v) is 8.22. The van der Waals surface area contributed by atoms with Gasteiger partial charge in [0.25, 0.3) is 0 Å². The highest BCUT2D eigenvalue weighted by Crippen LogP contribution is 2.30. The standard InChI is InChI=1S/C15H16ClN3OS.ClH/c16-12-6-2-1-5-11(12)13-9-21-15(18-13)19-14(20)8-10-4-3-7-17-10;/h1-2,5-6,9-10,17H,3-4,7-8H2,(H,18,19,20);1H. The van der Waals surface area contributed by atoms with Crippen LogP contribution in [0.3, 0.4) is 0 Å². The lowest BCUT2D eigenvalue weighted by atomic mass is 10.1. The van der Waals surface area contributed by atoms with Crippen molar-refractivity contribution in [2.45, 2.75) is 25.3 Å². The van der Waals surface area contributed by atoms with Crippen LogP contribution in [-0.4, -0.2) is 23.5 Å². The quantitative estimate of drug-likeness (QED) is 0.870. The second kappa shape index (κ2) is 7.92. The minimum Gasteiger partial charge on any atom is -0.313 e. The summed E-state index contributed by atoms with van der Waals surface area (Å²) in [6.45, 7) is 1.01. The highest BCUT2D eigenvalue weighted by molar-refractivity contribution is 7.14. The summed E-state index contributed by atoms with van der Waals surface area (Å²) < 4.78 is 0. The fourth-order valence-corrected chi connectivity index (χ4v) is 3.41. The molecule has 1 aromatic heterocycles. The van der Waals surface area contributed by atoms with Crippen molar-refractivity contribution in [3.63, 3.8) is 0 Å². The van der Waals surface area contributed by atoms with Gasteiger partial charge in [0, 0.05) is 28.4 Å². The Hall–Kier alpha value is -1.14. The molecule has 1 saturated heterocycles. The number of carbonyl (C=O) groups excluding carboxylic acids is 1. The van der Waals surface area contributed by atoms with Crippen LogP contribution in [0.25, 0.3) is 11.3 Å². The van der Waals surface area contributed by atoms with Gasteiger partial charge in [0.2, 0.25) is 5.91 Å². The maximum absolute atomic E-state index is 12.0. The molecule has 0 saturated carbocycles. The van der Waals surface area contributed by atoms with Crippen LogP contribution in [0.5, 0.6) is 0 Å². The van der Waals surface area contributed by atoms with E-state index in [2.05, 4.69) is 15.6 Å². The maximum Gasteiger partial charge on any atom is 0.227 e. The van der Waals surface area contributed by atoms with Crippen LogP contribution in [0.4, 0.5) is 5.13 Å². The number of thiazole rings is 1. The molecule has 0 radical (unpaired) electrons. The molecule has 1 unspecified atom stereocenters. The molecule has 1 aliphatic rings. The summed E-state index contributed by atoms with van der Waals surface area (Å²) in [6.07, 6.45) is 2.71.